The fourth-order valence-corrected chi connectivity index (χ4v) is 1.73. The van der Waals surface area contributed by atoms with Gasteiger partial charge in [0.1, 0.15) is 17.2 Å². The molecule has 3 aromatic heterocycles. The Hall–Kier alpha value is -2.41. The summed E-state index contributed by atoms with van der Waals surface area (Å²) in [7, 11) is 0. The van der Waals surface area contributed by atoms with Crippen molar-refractivity contribution in [1.82, 2.24) is 19.9 Å². The van der Waals surface area contributed by atoms with Crippen molar-refractivity contribution < 1.29 is 4.42 Å². The lowest BCUT2D eigenvalue weighted by molar-refractivity contribution is 0.615. The number of fused-ring (bicyclic) bond motifs is 1. The third-order valence-corrected chi connectivity index (χ3v) is 2.67. The highest BCUT2D eigenvalue weighted by molar-refractivity contribution is 6.33. The molecule has 90 valence electrons. The molecular formula is C10H5ClN4O3. The zero-order chi connectivity index (χ0) is 12.7. The Kier molecular flexibility index (Phi) is 2.27. The van der Waals surface area contributed by atoms with Crippen molar-refractivity contribution in [3.63, 3.8) is 0 Å². The second-order valence-corrected chi connectivity index (χ2v) is 3.84. The van der Waals surface area contributed by atoms with Gasteiger partial charge >= 0.3 is 5.69 Å². The first-order chi connectivity index (χ1) is 8.65. The van der Waals surface area contributed by atoms with Gasteiger partial charge in [-0.05, 0) is 6.07 Å². The van der Waals surface area contributed by atoms with Gasteiger partial charge in [-0.25, -0.2) is 14.8 Å². The van der Waals surface area contributed by atoms with Crippen LogP contribution in [-0.2, 0) is 0 Å². The normalized spacial score (nSPS) is 10.9. The predicted octanol–water partition coefficient (Wildman–Crippen LogP) is 0.920. The number of rotatable bonds is 1. The van der Waals surface area contributed by atoms with E-state index in [1.807, 2.05) is 0 Å². The Bertz CT molecular complexity index is 848. The maximum atomic E-state index is 11.6. The van der Waals surface area contributed by atoms with Gasteiger partial charge in [0.25, 0.3) is 5.56 Å². The van der Waals surface area contributed by atoms with Crippen molar-refractivity contribution in [3.8, 4) is 11.3 Å². The van der Waals surface area contributed by atoms with Crippen LogP contribution in [0.25, 0.3) is 22.4 Å². The summed E-state index contributed by atoms with van der Waals surface area (Å²) in [6.07, 6.45) is 2.52. The first kappa shape index (κ1) is 10.7. The van der Waals surface area contributed by atoms with Crippen molar-refractivity contribution in [3.05, 3.63) is 44.6 Å². The number of halogens is 1. The van der Waals surface area contributed by atoms with Crippen LogP contribution in [-0.4, -0.2) is 19.9 Å². The molecule has 7 nitrogen and oxygen atoms in total. The first-order valence-corrected chi connectivity index (χ1v) is 5.25. The number of nitrogens with one attached hydrogen (secondary N) is 2. The summed E-state index contributed by atoms with van der Waals surface area (Å²) in [5.74, 6) is 0.255. The summed E-state index contributed by atoms with van der Waals surface area (Å²) >= 11 is 5.87. The van der Waals surface area contributed by atoms with Crippen LogP contribution in [0.3, 0.4) is 0 Å². The zero-order valence-electron chi connectivity index (χ0n) is 8.73. The van der Waals surface area contributed by atoms with Gasteiger partial charge in [0, 0.05) is 6.20 Å². The van der Waals surface area contributed by atoms with Crippen molar-refractivity contribution in [2.75, 3.05) is 0 Å². The lowest BCUT2D eigenvalue weighted by atomic mass is 10.2. The first-order valence-electron chi connectivity index (χ1n) is 4.87. The molecule has 0 amide bonds. The van der Waals surface area contributed by atoms with Crippen LogP contribution in [0, 0.1) is 0 Å². The molecule has 0 unspecified atom stereocenters. The SMILES string of the molecule is O=c1[nH]cc(-c2cc3c(Cl)ncnc3o2)c(=O)[nH]1. The summed E-state index contributed by atoms with van der Waals surface area (Å²) in [5.41, 5.74) is -0.682. The maximum Gasteiger partial charge on any atom is 0.325 e. The molecule has 0 saturated heterocycles. The fourth-order valence-electron chi connectivity index (χ4n) is 1.55. The van der Waals surface area contributed by atoms with Crippen LogP contribution in [0.1, 0.15) is 0 Å². The molecule has 0 radical (unpaired) electrons. The van der Waals surface area contributed by atoms with Crippen LogP contribution in [0.15, 0.2) is 32.6 Å². The number of hydrogen-bond donors (Lipinski definition) is 2. The topological polar surface area (TPSA) is 105 Å². The molecule has 2 N–H and O–H groups in total. The largest absolute Gasteiger partial charge is 0.437 e. The average Bonchev–Trinajstić information content (AvgIpc) is 2.74. The third kappa shape index (κ3) is 1.61. The minimum Gasteiger partial charge on any atom is -0.437 e. The zero-order valence-corrected chi connectivity index (χ0v) is 9.49. The summed E-state index contributed by atoms with van der Waals surface area (Å²) in [6, 6.07) is 1.54. The molecule has 0 atom stereocenters. The van der Waals surface area contributed by atoms with E-state index in [2.05, 4.69) is 19.9 Å². The van der Waals surface area contributed by atoms with E-state index >= 15 is 0 Å². The molecule has 3 rings (SSSR count). The standard InChI is InChI=1S/C10H5ClN4O3/c11-7-4-1-6(18-9(4)14-3-13-7)5-2-12-10(17)15-8(5)16/h1-3H,(H2,12,15,16,17). The molecule has 0 fully saturated rings. The average molecular weight is 265 g/mol. The molecule has 0 bridgehead atoms. The molecule has 0 saturated carbocycles. The Balaban J connectivity index is 2.29. The quantitative estimate of drug-likeness (QED) is 0.636. The maximum absolute atomic E-state index is 11.6. The molecule has 0 aliphatic carbocycles. The van der Waals surface area contributed by atoms with Crippen molar-refractivity contribution in [2.45, 2.75) is 0 Å². The molecule has 0 aliphatic heterocycles. The lowest BCUT2D eigenvalue weighted by Crippen LogP contribution is -2.22. The van der Waals surface area contributed by atoms with Crippen LogP contribution in [0.5, 0.6) is 0 Å². The molecule has 18 heavy (non-hydrogen) atoms. The van der Waals surface area contributed by atoms with Crippen LogP contribution in [0.4, 0.5) is 0 Å². The van der Waals surface area contributed by atoms with Gasteiger partial charge in [-0.15, -0.1) is 0 Å². The van der Waals surface area contributed by atoms with E-state index in [1.165, 1.54) is 12.5 Å². The second-order valence-electron chi connectivity index (χ2n) is 3.48. The minimum absolute atomic E-state index is 0.184. The fraction of sp³-hybridized carbons (Fsp3) is 0. The van der Waals surface area contributed by atoms with Gasteiger partial charge in [0.2, 0.25) is 5.71 Å². The van der Waals surface area contributed by atoms with E-state index in [-0.39, 0.29) is 22.2 Å². The lowest BCUT2D eigenvalue weighted by Gasteiger charge is -1.92. The number of nitrogens with zero attached hydrogens (tertiary/aromatic N) is 2. The van der Waals surface area contributed by atoms with Crippen LogP contribution >= 0.6 is 11.6 Å². The number of H-pyrrole nitrogens is 2. The second kappa shape index (κ2) is 3.81. The summed E-state index contributed by atoms with van der Waals surface area (Å²) in [4.78, 5) is 34.7. The van der Waals surface area contributed by atoms with Crippen LogP contribution < -0.4 is 11.2 Å². The highest BCUT2D eigenvalue weighted by atomic mass is 35.5. The monoisotopic (exact) mass is 264 g/mol. The van der Waals surface area contributed by atoms with Crippen molar-refractivity contribution in [1.29, 1.82) is 0 Å². The summed E-state index contributed by atoms with van der Waals surface area (Å²) < 4.78 is 5.38. The number of aromatic nitrogens is 4. The van der Waals surface area contributed by atoms with Crippen LogP contribution in [0.2, 0.25) is 5.15 Å². The Morgan fingerprint density at radius 2 is 2.11 bits per heavy atom. The van der Waals surface area contributed by atoms with Gasteiger partial charge < -0.3 is 9.40 Å². The van der Waals surface area contributed by atoms with Gasteiger partial charge in [-0.1, -0.05) is 11.6 Å². The minimum atomic E-state index is -0.585. The predicted molar refractivity (Wildman–Crippen MR) is 63.5 cm³/mol. The molecular weight excluding hydrogens is 260 g/mol. The Morgan fingerprint density at radius 3 is 2.83 bits per heavy atom. The molecule has 3 heterocycles. The van der Waals surface area contributed by atoms with E-state index in [1.54, 1.807) is 6.07 Å². The van der Waals surface area contributed by atoms with Gasteiger partial charge in [0.05, 0.1) is 10.9 Å². The molecule has 8 heteroatoms. The Morgan fingerprint density at radius 1 is 1.28 bits per heavy atom. The van der Waals surface area contributed by atoms with E-state index in [9.17, 15) is 9.59 Å². The number of hydrogen-bond acceptors (Lipinski definition) is 5. The van der Waals surface area contributed by atoms with Gasteiger partial charge in [-0.3, -0.25) is 9.78 Å². The number of aromatic amines is 2. The van der Waals surface area contributed by atoms with E-state index < -0.39 is 11.2 Å². The highest BCUT2D eigenvalue weighted by Crippen LogP contribution is 2.27. The summed E-state index contributed by atoms with van der Waals surface area (Å²) in [5, 5.41) is 0.732. The van der Waals surface area contributed by atoms with E-state index in [4.69, 9.17) is 16.0 Å². The van der Waals surface area contributed by atoms with Gasteiger partial charge in [0.15, 0.2) is 0 Å². The molecule has 0 spiro atoms. The van der Waals surface area contributed by atoms with Gasteiger partial charge in [-0.2, -0.15) is 0 Å². The van der Waals surface area contributed by atoms with E-state index in [0.29, 0.717) is 5.39 Å². The Labute approximate surface area is 103 Å². The molecule has 3 aromatic rings. The smallest absolute Gasteiger partial charge is 0.325 e. The molecule has 0 aliphatic rings. The third-order valence-electron chi connectivity index (χ3n) is 2.37. The van der Waals surface area contributed by atoms with Crippen molar-refractivity contribution in [2.24, 2.45) is 0 Å². The number of furan rings is 1. The summed E-state index contributed by atoms with van der Waals surface area (Å²) in [6.45, 7) is 0. The van der Waals surface area contributed by atoms with E-state index in [0.717, 1.165) is 0 Å². The highest BCUT2D eigenvalue weighted by Gasteiger charge is 2.13. The molecule has 0 aromatic carbocycles. The van der Waals surface area contributed by atoms with Crippen molar-refractivity contribution >= 4 is 22.7 Å².